The van der Waals surface area contributed by atoms with Gasteiger partial charge in [0, 0.05) is 39.8 Å². The fourth-order valence-electron chi connectivity index (χ4n) is 4.10. The number of hydrazone groups is 1. The summed E-state index contributed by atoms with van der Waals surface area (Å²) < 4.78 is 6.69. The van der Waals surface area contributed by atoms with E-state index in [4.69, 9.17) is 26.5 Å². The lowest BCUT2D eigenvalue weighted by atomic mass is 9.98. The zero-order chi connectivity index (χ0) is 24.9. The second-order valence-electron chi connectivity index (χ2n) is 8.27. The summed E-state index contributed by atoms with van der Waals surface area (Å²) in [7, 11) is 0. The molecule has 0 saturated heterocycles. The van der Waals surface area contributed by atoms with Crippen LogP contribution < -0.4 is 4.74 Å². The monoisotopic (exact) mass is 605 g/mol. The molecule has 0 fully saturated rings. The minimum atomic E-state index is -0.864. The highest BCUT2D eigenvalue weighted by molar-refractivity contribution is 14.1. The van der Waals surface area contributed by atoms with Gasteiger partial charge in [-0.3, -0.25) is 9.59 Å². The molecule has 1 amide bonds. The lowest BCUT2D eigenvalue weighted by Gasteiger charge is -2.23. The van der Waals surface area contributed by atoms with Crippen LogP contribution in [0.3, 0.4) is 0 Å². The number of carboxylic acid groups (broad SMARTS) is 1. The molecule has 0 aliphatic carbocycles. The van der Waals surface area contributed by atoms with Crippen molar-refractivity contribution in [3.8, 4) is 5.75 Å². The number of ether oxygens (including phenoxy) is 1. The van der Waals surface area contributed by atoms with Crippen LogP contribution in [0, 0.1) is 3.57 Å². The normalized spacial score (nSPS) is 15.3. The van der Waals surface area contributed by atoms with Gasteiger partial charge in [0.1, 0.15) is 10.9 Å². The highest BCUT2D eigenvalue weighted by Gasteiger charge is 2.34. The third-order valence-corrected chi connectivity index (χ3v) is 6.84. The van der Waals surface area contributed by atoms with E-state index in [1.165, 1.54) is 5.01 Å². The summed E-state index contributed by atoms with van der Waals surface area (Å²) in [5, 5.41) is 16.3. The topological polar surface area (TPSA) is 92.1 Å². The maximum atomic E-state index is 13.2. The molecule has 0 saturated carbocycles. The molecule has 2 heterocycles. The van der Waals surface area contributed by atoms with Crippen molar-refractivity contribution in [1.29, 1.82) is 0 Å². The number of carbonyl (C=O) groups excluding carboxylic acids is 1. The predicted octanol–water partition coefficient (Wildman–Crippen LogP) is 6.21. The van der Waals surface area contributed by atoms with Crippen LogP contribution in [0.25, 0.3) is 10.9 Å². The Bertz CT molecular complexity index is 1280. The van der Waals surface area contributed by atoms with Crippen molar-refractivity contribution in [3.05, 3.63) is 68.4 Å². The van der Waals surface area contributed by atoms with E-state index in [1.54, 1.807) is 0 Å². The van der Waals surface area contributed by atoms with E-state index in [0.717, 1.165) is 31.5 Å². The Balaban J connectivity index is 1.65. The summed E-state index contributed by atoms with van der Waals surface area (Å²) in [4.78, 5) is 28.6. The summed E-state index contributed by atoms with van der Waals surface area (Å²) >= 11 is 8.90. The maximum Gasteiger partial charge on any atom is 0.303 e. The van der Waals surface area contributed by atoms with E-state index >= 15 is 0 Å². The molecular formula is C26H25ClIN3O4. The molecule has 1 aliphatic heterocycles. The van der Waals surface area contributed by atoms with E-state index in [9.17, 15) is 9.59 Å². The van der Waals surface area contributed by atoms with Crippen LogP contribution in [0.2, 0.25) is 5.15 Å². The lowest BCUT2D eigenvalue weighted by Crippen LogP contribution is -2.27. The second kappa shape index (κ2) is 11.3. The Labute approximate surface area is 222 Å². The maximum absolute atomic E-state index is 13.2. The average molecular weight is 606 g/mol. The molecule has 1 atom stereocenters. The third-order valence-electron chi connectivity index (χ3n) is 5.81. The summed E-state index contributed by atoms with van der Waals surface area (Å²) in [5.74, 6) is -0.305. The largest absolute Gasteiger partial charge is 0.494 e. The highest BCUT2D eigenvalue weighted by atomic mass is 127. The number of fused-ring (bicyclic) bond motifs is 1. The predicted molar refractivity (Wildman–Crippen MR) is 144 cm³/mol. The molecular weight excluding hydrogens is 581 g/mol. The van der Waals surface area contributed by atoms with Gasteiger partial charge < -0.3 is 9.84 Å². The Hall–Kier alpha value is -2.72. The summed E-state index contributed by atoms with van der Waals surface area (Å²) in [6, 6.07) is 15.2. The first-order valence-electron chi connectivity index (χ1n) is 11.5. The number of nitrogens with zero attached hydrogens (tertiary/aromatic N) is 3. The van der Waals surface area contributed by atoms with Crippen LogP contribution in [-0.2, 0) is 9.59 Å². The molecule has 1 N–H and O–H groups in total. The van der Waals surface area contributed by atoms with Crippen LogP contribution in [0.1, 0.15) is 56.2 Å². The number of pyridine rings is 1. The fourth-order valence-corrected chi connectivity index (χ4v) is 4.73. The third kappa shape index (κ3) is 6.10. The van der Waals surface area contributed by atoms with Crippen LogP contribution in [0.4, 0.5) is 0 Å². The van der Waals surface area contributed by atoms with Crippen molar-refractivity contribution in [3.63, 3.8) is 0 Å². The molecule has 35 heavy (non-hydrogen) atoms. The number of carbonyl (C=O) groups is 2. The van der Waals surface area contributed by atoms with Crippen LogP contribution in [-0.4, -0.2) is 39.3 Å². The molecule has 4 rings (SSSR count). The van der Waals surface area contributed by atoms with Gasteiger partial charge in [0.2, 0.25) is 5.91 Å². The number of hydrogen-bond donors (Lipinski definition) is 1. The van der Waals surface area contributed by atoms with Crippen molar-refractivity contribution >= 4 is 62.7 Å². The fraction of sp³-hybridized carbons (Fsp3) is 0.308. The zero-order valence-electron chi connectivity index (χ0n) is 19.2. The van der Waals surface area contributed by atoms with Crippen LogP contribution in [0.5, 0.6) is 5.75 Å². The molecule has 0 spiro atoms. The number of rotatable bonds is 9. The van der Waals surface area contributed by atoms with Gasteiger partial charge in [0.25, 0.3) is 0 Å². The van der Waals surface area contributed by atoms with Crippen molar-refractivity contribution in [2.45, 2.75) is 45.1 Å². The number of hydrogen-bond acceptors (Lipinski definition) is 5. The molecule has 1 aliphatic rings. The van der Waals surface area contributed by atoms with Gasteiger partial charge in [-0.15, -0.1) is 0 Å². The first-order chi connectivity index (χ1) is 16.9. The number of amides is 1. The minimum Gasteiger partial charge on any atom is -0.494 e. The first kappa shape index (κ1) is 25.4. The number of unbranched alkanes of at least 4 members (excludes halogenated alkanes) is 1. The number of halogens is 2. The van der Waals surface area contributed by atoms with E-state index in [-0.39, 0.29) is 18.7 Å². The Morgan fingerprint density at radius 3 is 2.60 bits per heavy atom. The van der Waals surface area contributed by atoms with Gasteiger partial charge in [-0.1, -0.05) is 23.7 Å². The van der Waals surface area contributed by atoms with Crippen molar-refractivity contribution in [2.24, 2.45) is 5.10 Å². The number of carboxylic acids is 1. The van der Waals surface area contributed by atoms with Gasteiger partial charge in [0.05, 0.1) is 23.9 Å². The molecule has 1 aromatic heterocycles. The first-order valence-corrected chi connectivity index (χ1v) is 12.9. The van der Waals surface area contributed by atoms with Gasteiger partial charge in [0.15, 0.2) is 0 Å². The van der Waals surface area contributed by atoms with E-state index < -0.39 is 12.0 Å². The van der Waals surface area contributed by atoms with E-state index in [2.05, 4.69) is 27.6 Å². The molecule has 0 bridgehead atoms. The van der Waals surface area contributed by atoms with Crippen molar-refractivity contribution in [1.82, 2.24) is 9.99 Å². The number of aliphatic carboxylic acids is 1. The van der Waals surface area contributed by atoms with Crippen LogP contribution in [0.15, 0.2) is 53.6 Å². The Kier molecular flexibility index (Phi) is 8.22. The molecule has 1 unspecified atom stereocenters. The van der Waals surface area contributed by atoms with Crippen LogP contribution >= 0.6 is 34.2 Å². The molecule has 3 aromatic rings. The highest BCUT2D eigenvalue weighted by Crippen LogP contribution is 2.38. The van der Waals surface area contributed by atoms with Gasteiger partial charge in [-0.2, -0.15) is 5.10 Å². The van der Waals surface area contributed by atoms with Gasteiger partial charge >= 0.3 is 5.97 Å². The van der Waals surface area contributed by atoms with Gasteiger partial charge in [-0.25, -0.2) is 9.99 Å². The number of benzene rings is 2. The lowest BCUT2D eigenvalue weighted by molar-refractivity contribution is -0.138. The number of aromatic nitrogens is 1. The van der Waals surface area contributed by atoms with Gasteiger partial charge in [-0.05, 0) is 78.3 Å². The molecule has 9 heteroatoms. The van der Waals surface area contributed by atoms with Crippen molar-refractivity contribution < 1.29 is 19.4 Å². The standard InChI is InChI=1S/C26H25ClIN3O4/c1-2-35-19-12-9-17-13-20(26(27)29-21(17)14-19)23-15-22(16-7-10-18(28)11-8-16)30-31(23)24(32)5-3-4-6-25(33)34/h7-14,23H,2-6,15H2,1H3,(H,33,34). The quantitative estimate of drug-likeness (QED) is 0.178. The zero-order valence-corrected chi connectivity index (χ0v) is 22.1. The molecule has 0 radical (unpaired) electrons. The molecule has 2 aromatic carbocycles. The van der Waals surface area contributed by atoms with E-state index in [1.807, 2.05) is 55.5 Å². The van der Waals surface area contributed by atoms with Crippen molar-refractivity contribution in [2.75, 3.05) is 6.61 Å². The average Bonchev–Trinajstić information content (AvgIpc) is 3.27. The SMILES string of the molecule is CCOc1ccc2cc(C3CC(c4ccc(I)cc4)=NN3C(=O)CCCCC(=O)O)c(Cl)nc2c1. The summed E-state index contributed by atoms with van der Waals surface area (Å²) in [5.41, 5.74) is 3.19. The smallest absolute Gasteiger partial charge is 0.303 e. The molecule has 7 nitrogen and oxygen atoms in total. The Morgan fingerprint density at radius 1 is 1.14 bits per heavy atom. The minimum absolute atomic E-state index is 0.0397. The summed E-state index contributed by atoms with van der Waals surface area (Å²) in [6.07, 6.45) is 1.67. The van der Waals surface area contributed by atoms with E-state index in [0.29, 0.717) is 36.5 Å². The second-order valence-corrected chi connectivity index (χ2v) is 9.87. The summed E-state index contributed by atoms with van der Waals surface area (Å²) in [6.45, 7) is 2.48. The molecule has 182 valence electrons. The Morgan fingerprint density at radius 2 is 1.89 bits per heavy atom.